The van der Waals surface area contributed by atoms with Crippen molar-refractivity contribution in [3.63, 3.8) is 0 Å². The van der Waals surface area contributed by atoms with E-state index in [9.17, 15) is 4.79 Å². The van der Waals surface area contributed by atoms with Crippen molar-refractivity contribution in [1.82, 2.24) is 15.2 Å². The van der Waals surface area contributed by atoms with E-state index >= 15 is 0 Å². The number of hydrogen-bond acceptors (Lipinski definition) is 3. The lowest BCUT2D eigenvalue weighted by atomic mass is 9.52. The molecule has 4 aliphatic rings. The number of rotatable bonds is 4. The standard InChI is InChI=1S/C30H38ClN3O/c31-28-14-13-25-26(33-28)12-7-16-29(25)20-32-19-27(29)30(24-10-5-2-6-11-24)18-23(15-17-34(30)21-35)22-8-3-1-4-9-22/h1,3-4,8-9,13-14,21,23-24,27,32H,2,5-7,10-12,15-20H2/t23-,27-,29+,30-/m1/s1. The quantitative estimate of drug-likeness (QED) is 0.429. The number of halogens is 1. The first-order chi connectivity index (χ1) is 17.2. The van der Waals surface area contributed by atoms with Gasteiger partial charge in [-0.15, -0.1) is 0 Å². The number of pyridine rings is 1. The lowest BCUT2D eigenvalue weighted by Gasteiger charge is -2.60. The topological polar surface area (TPSA) is 45.2 Å². The maximum Gasteiger partial charge on any atom is 0.210 e. The molecule has 1 amide bonds. The van der Waals surface area contributed by atoms with E-state index in [2.05, 4.69) is 46.6 Å². The molecule has 0 unspecified atom stereocenters. The molecule has 4 atom stereocenters. The molecule has 0 radical (unpaired) electrons. The van der Waals surface area contributed by atoms with Crippen LogP contribution in [0.2, 0.25) is 5.15 Å². The van der Waals surface area contributed by atoms with Crippen LogP contribution in [0.1, 0.15) is 80.5 Å². The van der Waals surface area contributed by atoms with Crippen LogP contribution in [0.3, 0.4) is 0 Å². The fourth-order valence-electron chi connectivity index (χ4n) is 8.69. The zero-order valence-corrected chi connectivity index (χ0v) is 21.5. The van der Waals surface area contributed by atoms with Crippen LogP contribution in [-0.4, -0.2) is 41.5 Å². The van der Waals surface area contributed by atoms with Gasteiger partial charge in [0, 0.05) is 36.7 Å². The average molecular weight is 492 g/mol. The Balaban J connectivity index is 1.50. The normalized spacial score (nSPS) is 33.6. The van der Waals surface area contributed by atoms with Gasteiger partial charge in [0.05, 0.1) is 5.54 Å². The Labute approximate surface area is 214 Å². The number of benzene rings is 1. The molecule has 1 aromatic heterocycles. The van der Waals surface area contributed by atoms with Crippen LogP contribution in [0.25, 0.3) is 0 Å². The Morgan fingerprint density at radius 1 is 1.03 bits per heavy atom. The summed E-state index contributed by atoms with van der Waals surface area (Å²) in [7, 11) is 0. The highest BCUT2D eigenvalue weighted by atomic mass is 35.5. The highest BCUT2D eigenvalue weighted by molar-refractivity contribution is 6.29. The Hall–Kier alpha value is -1.91. The van der Waals surface area contributed by atoms with Gasteiger partial charge in [-0.3, -0.25) is 4.79 Å². The predicted octanol–water partition coefficient (Wildman–Crippen LogP) is 5.88. The maximum absolute atomic E-state index is 12.9. The average Bonchev–Trinajstić information content (AvgIpc) is 3.33. The summed E-state index contributed by atoms with van der Waals surface area (Å²) < 4.78 is 0. The number of likely N-dealkylation sites (tertiary alicyclic amines) is 1. The minimum atomic E-state index is -0.126. The molecule has 1 spiro atoms. The fraction of sp³-hybridized carbons (Fsp3) is 0.600. The molecule has 2 aliphatic carbocycles. The van der Waals surface area contributed by atoms with E-state index in [0.29, 0.717) is 22.9 Å². The van der Waals surface area contributed by atoms with Crippen molar-refractivity contribution < 1.29 is 4.79 Å². The first-order valence-electron chi connectivity index (χ1n) is 13.8. The van der Waals surface area contributed by atoms with Crippen LogP contribution < -0.4 is 5.32 Å². The Morgan fingerprint density at radius 2 is 1.86 bits per heavy atom. The van der Waals surface area contributed by atoms with E-state index in [1.807, 2.05) is 6.07 Å². The fourth-order valence-corrected chi connectivity index (χ4v) is 8.86. The van der Waals surface area contributed by atoms with Crippen LogP contribution in [0.4, 0.5) is 0 Å². The molecule has 3 fully saturated rings. The molecular formula is C30H38ClN3O. The van der Waals surface area contributed by atoms with Crippen LogP contribution in [0.5, 0.6) is 0 Å². The number of aromatic nitrogens is 1. The highest BCUT2D eigenvalue weighted by Crippen LogP contribution is 2.58. The van der Waals surface area contributed by atoms with Gasteiger partial charge < -0.3 is 10.2 Å². The van der Waals surface area contributed by atoms with Crippen LogP contribution >= 0.6 is 11.6 Å². The van der Waals surface area contributed by atoms with Gasteiger partial charge in [-0.2, -0.15) is 0 Å². The second-order valence-electron chi connectivity index (χ2n) is 11.5. The van der Waals surface area contributed by atoms with Crippen molar-refractivity contribution in [2.45, 2.75) is 81.1 Å². The molecule has 1 N–H and O–H groups in total. The SMILES string of the molecule is O=CN1CC[C@@H](c2ccccc2)C[C@@]1(C1CCCCC1)[C@@H]1CNC[C@]12CCCc1nc(Cl)ccc12. The third kappa shape index (κ3) is 3.83. The smallest absolute Gasteiger partial charge is 0.210 e. The summed E-state index contributed by atoms with van der Waals surface area (Å²) in [6.07, 6.45) is 13.0. The molecule has 3 heterocycles. The molecule has 2 aromatic rings. The lowest BCUT2D eigenvalue weighted by molar-refractivity contribution is -0.139. The molecule has 1 aromatic carbocycles. The molecule has 4 nitrogen and oxygen atoms in total. The van der Waals surface area contributed by atoms with E-state index in [1.54, 1.807) is 0 Å². The molecule has 1 saturated carbocycles. The van der Waals surface area contributed by atoms with Crippen LogP contribution in [0.15, 0.2) is 42.5 Å². The van der Waals surface area contributed by atoms with Crippen molar-refractivity contribution >= 4 is 18.0 Å². The van der Waals surface area contributed by atoms with Gasteiger partial charge in [0.2, 0.25) is 6.41 Å². The highest BCUT2D eigenvalue weighted by Gasteiger charge is 2.61. The number of nitrogens with zero attached hydrogens (tertiary/aromatic N) is 2. The van der Waals surface area contributed by atoms with Crippen molar-refractivity contribution in [1.29, 1.82) is 0 Å². The number of fused-ring (bicyclic) bond motifs is 2. The number of carbonyl (C=O) groups is 1. The summed E-state index contributed by atoms with van der Waals surface area (Å²) in [4.78, 5) is 20.0. The van der Waals surface area contributed by atoms with Crippen molar-refractivity contribution in [3.8, 4) is 0 Å². The number of hydrogen-bond donors (Lipinski definition) is 1. The van der Waals surface area contributed by atoms with Crippen LogP contribution in [-0.2, 0) is 16.6 Å². The molecule has 0 bridgehead atoms. The van der Waals surface area contributed by atoms with Crippen molar-refractivity contribution in [3.05, 3.63) is 64.4 Å². The minimum absolute atomic E-state index is 0.0163. The second kappa shape index (κ2) is 9.52. The zero-order valence-electron chi connectivity index (χ0n) is 20.7. The summed E-state index contributed by atoms with van der Waals surface area (Å²) in [5, 5.41) is 4.44. The minimum Gasteiger partial charge on any atom is -0.339 e. The number of piperidine rings is 1. The van der Waals surface area contributed by atoms with Gasteiger partial charge in [0.1, 0.15) is 5.15 Å². The number of carbonyl (C=O) groups excluding carboxylic acids is 1. The van der Waals surface area contributed by atoms with Gasteiger partial charge in [-0.1, -0.05) is 67.3 Å². The van der Waals surface area contributed by atoms with Gasteiger partial charge in [0.25, 0.3) is 0 Å². The second-order valence-corrected chi connectivity index (χ2v) is 11.9. The van der Waals surface area contributed by atoms with Crippen molar-refractivity contribution in [2.75, 3.05) is 19.6 Å². The number of amides is 1. The lowest BCUT2D eigenvalue weighted by Crippen LogP contribution is -2.66. The van der Waals surface area contributed by atoms with E-state index in [0.717, 1.165) is 51.7 Å². The molecular weight excluding hydrogens is 454 g/mol. The summed E-state index contributed by atoms with van der Waals surface area (Å²) in [6.45, 7) is 2.81. The van der Waals surface area contributed by atoms with Gasteiger partial charge in [0.15, 0.2) is 0 Å². The van der Waals surface area contributed by atoms with Gasteiger partial charge >= 0.3 is 0 Å². The third-order valence-electron chi connectivity index (χ3n) is 10.1. The summed E-state index contributed by atoms with van der Waals surface area (Å²) in [5.41, 5.74) is 3.91. The Morgan fingerprint density at radius 3 is 2.66 bits per heavy atom. The van der Waals surface area contributed by atoms with E-state index in [4.69, 9.17) is 16.6 Å². The first kappa shape index (κ1) is 23.5. The van der Waals surface area contributed by atoms with Crippen LogP contribution in [0, 0.1) is 11.8 Å². The molecule has 35 heavy (non-hydrogen) atoms. The van der Waals surface area contributed by atoms with Gasteiger partial charge in [-0.25, -0.2) is 4.98 Å². The molecule has 186 valence electrons. The monoisotopic (exact) mass is 491 g/mol. The Kier molecular flexibility index (Phi) is 6.39. The summed E-state index contributed by atoms with van der Waals surface area (Å²) in [6, 6.07) is 15.3. The molecule has 2 saturated heterocycles. The largest absolute Gasteiger partial charge is 0.339 e. The van der Waals surface area contributed by atoms with E-state index < -0.39 is 0 Å². The van der Waals surface area contributed by atoms with Crippen molar-refractivity contribution in [2.24, 2.45) is 11.8 Å². The maximum atomic E-state index is 12.9. The summed E-state index contributed by atoms with van der Waals surface area (Å²) >= 11 is 6.36. The zero-order chi connectivity index (χ0) is 23.9. The Bertz CT molecular complexity index is 1050. The number of aryl methyl sites for hydroxylation is 1. The molecule has 6 rings (SSSR count). The first-order valence-corrected chi connectivity index (χ1v) is 14.2. The number of nitrogens with one attached hydrogen (secondary N) is 1. The third-order valence-corrected chi connectivity index (χ3v) is 10.3. The van der Waals surface area contributed by atoms with E-state index in [-0.39, 0.29) is 11.0 Å². The van der Waals surface area contributed by atoms with E-state index in [1.165, 1.54) is 55.3 Å². The predicted molar refractivity (Wildman–Crippen MR) is 141 cm³/mol. The summed E-state index contributed by atoms with van der Waals surface area (Å²) in [5.74, 6) is 1.44. The molecule has 2 aliphatic heterocycles. The molecule has 5 heteroatoms. The van der Waals surface area contributed by atoms with Gasteiger partial charge in [-0.05, 0) is 74.0 Å².